The van der Waals surface area contributed by atoms with Gasteiger partial charge in [0.05, 0.1) is 0 Å². The molecule has 0 N–H and O–H groups in total. The van der Waals surface area contributed by atoms with Gasteiger partial charge in [0.25, 0.3) is 0 Å². The summed E-state index contributed by atoms with van der Waals surface area (Å²) in [5.74, 6) is 0. The minimum atomic E-state index is 1.21. The van der Waals surface area contributed by atoms with Crippen molar-refractivity contribution in [3.8, 4) is 0 Å². The Kier molecular flexibility index (Phi) is 20.8. The van der Waals surface area contributed by atoms with Crippen LogP contribution in [0.5, 0.6) is 0 Å². The van der Waals surface area contributed by atoms with Crippen LogP contribution in [0, 0.1) is 6.07 Å². The molecule has 0 atom stereocenters. The van der Waals surface area contributed by atoms with E-state index in [-0.39, 0.29) is 0 Å². The van der Waals surface area contributed by atoms with Crippen molar-refractivity contribution in [1.29, 1.82) is 0 Å². The van der Waals surface area contributed by atoms with E-state index in [1.54, 1.807) is 0 Å². The maximum absolute atomic E-state index is 3.33. The Hall–Kier alpha value is -0.780. The van der Waals surface area contributed by atoms with Gasteiger partial charge in [-0.15, -0.1) is 0 Å². The molecule has 1 aromatic rings. The van der Waals surface area contributed by atoms with Crippen LogP contribution >= 0.6 is 0 Å². The SMILES string of the molecule is CCCCCCCCCCCCCCCCCCCCCCCCc1[c]cccc1. The highest BCUT2D eigenvalue weighted by Crippen LogP contribution is 2.15. The molecule has 0 aliphatic rings. The lowest BCUT2D eigenvalue weighted by Gasteiger charge is -2.04. The molecule has 0 bridgehead atoms. The van der Waals surface area contributed by atoms with Gasteiger partial charge in [-0.1, -0.05) is 166 Å². The number of hydrogen-bond acceptors (Lipinski definition) is 0. The highest BCUT2D eigenvalue weighted by atomic mass is 14.0. The highest BCUT2D eigenvalue weighted by molar-refractivity contribution is 5.12. The topological polar surface area (TPSA) is 0 Å². The minimum absolute atomic E-state index is 1.21. The van der Waals surface area contributed by atoms with E-state index in [1.165, 1.54) is 153 Å². The van der Waals surface area contributed by atoms with E-state index in [1.807, 2.05) is 6.07 Å². The maximum Gasteiger partial charge on any atom is -0.0149 e. The van der Waals surface area contributed by atoms with Crippen LogP contribution in [0.2, 0.25) is 0 Å². The average Bonchev–Trinajstić information content (AvgIpc) is 2.78. The van der Waals surface area contributed by atoms with Gasteiger partial charge in [0.15, 0.2) is 0 Å². The summed E-state index contributed by atoms with van der Waals surface area (Å²) >= 11 is 0. The van der Waals surface area contributed by atoms with Gasteiger partial charge in [-0.3, -0.25) is 0 Å². The molecule has 0 unspecified atom stereocenters. The van der Waals surface area contributed by atoms with Gasteiger partial charge in [0, 0.05) is 0 Å². The Morgan fingerprint density at radius 1 is 0.467 bits per heavy atom. The van der Waals surface area contributed by atoms with Crippen molar-refractivity contribution < 1.29 is 0 Å². The van der Waals surface area contributed by atoms with E-state index in [4.69, 9.17) is 0 Å². The molecule has 0 aliphatic heterocycles. The first-order valence-corrected chi connectivity index (χ1v) is 13.9. The molecule has 173 valence electrons. The molecule has 1 rings (SSSR count). The van der Waals surface area contributed by atoms with Gasteiger partial charge in [-0.05, 0) is 24.5 Å². The van der Waals surface area contributed by atoms with Crippen molar-refractivity contribution in [2.75, 3.05) is 0 Å². The molecule has 0 fully saturated rings. The predicted molar refractivity (Wildman–Crippen MR) is 136 cm³/mol. The summed E-state index contributed by atoms with van der Waals surface area (Å²) in [5.41, 5.74) is 1.38. The summed E-state index contributed by atoms with van der Waals surface area (Å²) in [4.78, 5) is 0. The molecule has 0 saturated carbocycles. The number of aryl methyl sites for hydroxylation is 1. The van der Waals surface area contributed by atoms with Crippen LogP contribution in [0.4, 0.5) is 0 Å². The number of unbranched alkanes of at least 4 members (excludes halogenated alkanes) is 21. The molecular formula is C30H53. The summed E-state index contributed by atoms with van der Waals surface area (Å²) in [6, 6.07) is 11.8. The van der Waals surface area contributed by atoms with E-state index in [9.17, 15) is 0 Å². The summed E-state index contributed by atoms with van der Waals surface area (Å²) in [7, 11) is 0. The lowest BCUT2D eigenvalue weighted by Crippen LogP contribution is -1.86. The van der Waals surface area contributed by atoms with Crippen molar-refractivity contribution in [3.63, 3.8) is 0 Å². The van der Waals surface area contributed by atoms with Crippen LogP contribution < -0.4 is 0 Å². The van der Waals surface area contributed by atoms with E-state index in [0.717, 1.165) is 0 Å². The number of rotatable bonds is 23. The summed E-state index contributed by atoms with van der Waals surface area (Å²) in [5, 5.41) is 0. The first-order chi connectivity index (χ1) is 14.9. The van der Waals surface area contributed by atoms with Gasteiger partial charge in [-0.2, -0.15) is 0 Å². The summed E-state index contributed by atoms with van der Waals surface area (Å²) in [6.45, 7) is 2.30. The lowest BCUT2D eigenvalue weighted by molar-refractivity contribution is 0.519. The van der Waals surface area contributed by atoms with E-state index < -0.39 is 0 Å². The van der Waals surface area contributed by atoms with Crippen LogP contribution in [0.1, 0.15) is 154 Å². The zero-order valence-corrected chi connectivity index (χ0v) is 20.6. The Morgan fingerprint density at radius 2 is 0.833 bits per heavy atom. The Morgan fingerprint density at radius 3 is 1.17 bits per heavy atom. The molecule has 1 aromatic carbocycles. The normalized spacial score (nSPS) is 11.2. The van der Waals surface area contributed by atoms with Crippen molar-refractivity contribution in [3.05, 3.63) is 35.9 Å². The zero-order valence-electron chi connectivity index (χ0n) is 20.6. The standard InChI is InChI=1S/C30H53/c1-2-3-4-5-6-7-8-9-10-11-12-13-14-15-16-17-18-19-20-21-22-24-27-30-28-25-23-26-29-30/h23,25-26,28H,2-22,24,27H2,1H3. The summed E-state index contributed by atoms with van der Waals surface area (Å²) < 4.78 is 0. The smallest absolute Gasteiger partial charge is 0.0149 e. The largest absolute Gasteiger partial charge is 0.0654 e. The van der Waals surface area contributed by atoms with E-state index in [2.05, 4.69) is 31.2 Å². The predicted octanol–water partition coefficient (Wildman–Crippen LogP) is 10.6. The molecule has 0 nitrogen and oxygen atoms in total. The van der Waals surface area contributed by atoms with Crippen LogP contribution in [0.3, 0.4) is 0 Å². The third-order valence-electron chi connectivity index (χ3n) is 6.57. The number of hydrogen-bond donors (Lipinski definition) is 0. The second kappa shape index (κ2) is 22.9. The monoisotopic (exact) mass is 413 g/mol. The fourth-order valence-electron chi connectivity index (χ4n) is 4.51. The van der Waals surface area contributed by atoms with Crippen molar-refractivity contribution in [1.82, 2.24) is 0 Å². The Bertz CT molecular complexity index is 421. The molecule has 0 heterocycles. The molecule has 0 heteroatoms. The van der Waals surface area contributed by atoms with Crippen molar-refractivity contribution >= 4 is 0 Å². The third-order valence-corrected chi connectivity index (χ3v) is 6.57. The van der Waals surface area contributed by atoms with Gasteiger partial charge < -0.3 is 0 Å². The highest BCUT2D eigenvalue weighted by Gasteiger charge is 1.96. The molecular weight excluding hydrogens is 360 g/mol. The van der Waals surface area contributed by atoms with Crippen molar-refractivity contribution in [2.45, 2.75) is 155 Å². The van der Waals surface area contributed by atoms with Crippen molar-refractivity contribution in [2.24, 2.45) is 0 Å². The first kappa shape index (κ1) is 27.3. The second-order valence-electron chi connectivity index (χ2n) is 9.56. The van der Waals surface area contributed by atoms with E-state index >= 15 is 0 Å². The van der Waals surface area contributed by atoms with Gasteiger partial charge in [0.2, 0.25) is 0 Å². The molecule has 0 saturated heterocycles. The molecule has 0 amide bonds. The lowest BCUT2D eigenvalue weighted by atomic mass is 10.0. The Labute approximate surface area is 190 Å². The first-order valence-electron chi connectivity index (χ1n) is 13.9. The summed E-state index contributed by atoms with van der Waals surface area (Å²) in [6.07, 6.45) is 33.2. The van der Waals surface area contributed by atoms with Crippen LogP contribution in [0.25, 0.3) is 0 Å². The zero-order chi connectivity index (χ0) is 21.4. The fraction of sp³-hybridized carbons (Fsp3) is 0.800. The van der Waals surface area contributed by atoms with Crippen LogP contribution in [0.15, 0.2) is 24.3 Å². The van der Waals surface area contributed by atoms with Gasteiger partial charge in [0.1, 0.15) is 0 Å². The third kappa shape index (κ3) is 19.2. The number of benzene rings is 1. The average molecular weight is 414 g/mol. The molecule has 30 heavy (non-hydrogen) atoms. The molecule has 0 spiro atoms. The second-order valence-corrected chi connectivity index (χ2v) is 9.56. The fourth-order valence-corrected chi connectivity index (χ4v) is 4.51. The van der Waals surface area contributed by atoms with Crippen LogP contribution in [-0.4, -0.2) is 0 Å². The maximum atomic E-state index is 3.33. The van der Waals surface area contributed by atoms with Crippen LogP contribution in [-0.2, 0) is 6.42 Å². The quantitative estimate of drug-likeness (QED) is 0.156. The molecule has 0 aromatic heterocycles. The van der Waals surface area contributed by atoms with Gasteiger partial charge >= 0.3 is 0 Å². The van der Waals surface area contributed by atoms with Gasteiger partial charge in [-0.25, -0.2) is 0 Å². The van der Waals surface area contributed by atoms with E-state index in [0.29, 0.717) is 0 Å². The minimum Gasteiger partial charge on any atom is -0.0654 e. The Balaban J connectivity index is 1.65. The molecule has 1 radical (unpaired) electrons. The molecule has 0 aliphatic carbocycles.